The van der Waals surface area contributed by atoms with Crippen LogP contribution in [0.5, 0.6) is 0 Å². The molecule has 13 heavy (non-hydrogen) atoms. The van der Waals surface area contributed by atoms with Gasteiger partial charge in [0.25, 0.3) is 0 Å². The molecule has 0 spiro atoms. The van der Waals surface area contributed by atoms with E-state index in [4.69, 9.17) is 10.5 Å². The molecule has 3 heteroatoms. The molecule has 2 aliphatic rings. The molecule has 74 valence electrons. The molecule has 2 saturated carbocycles. The molecule has 0 unspecified atom stereocenters. The quantitative estimate of drug-likeness (QED) is 0.655. The van der Waals surface area contributed by atoms with Crippen LogP contribution in [0.4, 0.5) is 0 Å². The zero-order valence-corrected chi connectivity index (χ0v) is 7.87. The first kappa shape index (κ1) is 9.00. The first-order valence-corrected chi connectivity index (χ1v) is 5.22. The number of hydrogen-bond donors (Lipinski definition) is 1. The van der Waals surface area contributed by atoms with Crippen LogP contribution < -0.4 is 5.73 Å². The lowest BCUT2D eigenvalue weighted by Crippen LogP contribution is -2.28. The van der Waals surface area contributed by atoms with Gasteiger partial charge in [-0.15, -0.1) is 0 Å². The monoisotopic (exact) mass is 183 g/mol. The molecule has 0 amide bonds. The summed E-state index contributed by atoms with van der Waals surface area (Å²) < 4.78 is 5.32. The Kier molecular flexibility index (Phi) is 2.54. The Hall–Kier alpha value is -0.570. The molecule has 2 rings (SSSR count). The zero-order chi connectivity index (χ0) is 9.26. The molecule has 2 fully saturated rings. The zero-order valence-electron chi connectivity index (χ0n) is 7.87. The van der Waals surface area contributed by atoms with Crippen LogP contribution in [0.3, 0.4) is 0 Å². The molecule has 0 aromatic carbocycles. The summed E-state index contributed by atoms with van der Waals surface area (Å²) in [6.45, 7) is 0. The van der Waals surface area contributed by atoms with Crippen LogP contribution in [-0.4, -0.2) is 18.1 Å². The molecular weight excluding hydrogens is 166 g/mol. The van der Waals surface area contributed by atoms with Gasteiger partial charge in [0.1, 0.15) is 6.10 Å². The average molecular weight is 183 g/mol. The number of carbonyl (C=O) groups excluding carboxylic acids is 1. The van der Waals surface area contributed by atoms with Crippen molar-refractivity contribution < 1.29 is 9.53 Å². The van der Waals surface area contributed by atoms with Crippen molar-refractivity contribution in [2.45, 2.75) is 50.7 Å². The second-order valence-electron chi connectivity index (χ2n) is 4.26. The van der Waals surface area contributed by atoms with E-state index in [1.807, 2.05) is 0 Å². The Balaban J connectivity index is 1.76. The summed E-state index contributed by atoms with van der Waals surface area (Å²) >= 11 is 0. The third kappa shape index (κ3) is 2.02. The van der Waals surface area contributed by atoms with E-state index >= 15 is 0 Å². The van der Waals surface area contributed by atoms with Crippen LogP contribution in [0.1, 0.15) is 38.5 Å². The standard InChI is InChI=1S/C10H17NO2/c11-8-5-4-7(6-8)10(12)13-9-2-1-3-9/h7-9H,1-6,11H2/t7-,8+/m1/s1. The Bertz CT molecular complexity index is 201. The minimum Gasteiger partial charge on any atom is -0.462 e. The fourth-order valence-corrected chi connectivity index (χ4v) is 1.98. The van der Waals surface area contributed by atoms with Gasteiger partial charge in [-0.2, -0.15) is 0 Å². The molecule has 3 nitrogen and oxygen atoms in total. The Morgan fingerprint density at radius 3 is 2.46 bits per heavy atom. The van der Waals surface area contributed by atoms with Crippen LogP contribution in [0.25, 0.3) is 0 Å². The Morgan fingerprint density at radius 1 is 1.23 bits per heavy atom. The van der Waals surface area contributed by atoms with Crippen LogP contribution in [0.2, 0.25) is 0 Å². The fraction of sp³-hybridized carbons (Fsp3) is 0.900. The second kappa shape index (κ2) is 3.66. The van der Waals surface area contributed by atoms with Crippen LogP contribution in [0.15, 0.2) is 0 Å². The molecular formula is C10H17NO2. The highest BCUT2D eigenvalue weighted by atomic mass is 16.5. The number of carbonyl (C=O) groups is 1. The molecule has 2 N–H and O–H groups in total. The summed E-state index contributed by atoms with van der Waals surface area (Å²) in [5, 5.41) is 0. The molecule has 0 aliphatic heterocycles. The topological polar surface area (TPSA) is 52.3 Å². The first-order chi connectivity index (χ1) is 6.25. The summed E-state index contributed by atoms with van der Waals surface area (Å²) in [4.78, 5) is 11.5. The van der Waals surface area contributed by atoms with Crippen molar-refractivity contribution in [3.05, 3.63) is 0 Å². The van der Waals surface area contributed by atoms with E-state index in [0.29, 0.717) is 0 Å². The second-order valence-corrected chi connectivity index (χ2v) is 4.26. The van der Waals surface area contributed by atoms with E-state index in [1.165, 1.54) is 6.42 Å². The third-order valence-corrected chi connectivity index (χ3v) is 3.14. The highest BCUT2D eigenvalue weighted by Crippen LogP contribution is 2.28. The van der Waals surface area contributed by atoms with E-state index in [1.54, 1.807) is 0 Å². The number of ether oxygens (including phenoxy) is 1. The predicted molar refractivity (Wildman–Crippen MR) is 49.0 cm³/mol. The number of hydrogen-bond acceptors (Lipinski definition) is 3. The van der Waals surface area contributed by atoms with Crippen molar-refractivity contribution in [2.24, 2.45) is 11.7 Å². The molecule has 2 atom stereocenters. The Labute approximate surface area is 78.6 Å². The van der Waals surface area contributed by atoms with Crippen LogP contribution in [0, 0.1) is 5.92 Å². The summed E-state index contributed by atoms with van der Waals surface area (Å²) in [6, 6.07) is 0.221. The van der Waals surface area contributed by atoms with Gasteiger partial charge in [-0.25, -0.2) is 0 Å². The average Bonchev–Trinajstić information content (AvgIpc) is 2.44. The van der Waals surface area contributed by atoms with Crippen LogP contribution in [-0.2, 0) is 9.53 Å². The molecule has 2 aliphatic carbocycles. The van der Waals surface area contributed by atoms with E-state index < -0.39 is 0 Å². The maximum absolute atomic E-state index is 11.5. The SMILES string of the molecule is N[C@H]1CC[C@@H](C(=O)OC2CCC2)C1. The van der Waals surface area contributed by atoms with Gasteiger partial charge >= 0.3 is 5.97 Å². The molecule has 0 heterocycles. The predicted octanol–water partition coefficient (Wildman–Crippen LogP) is 1.21. The maximum Gasteiger partial charge on any atom is 0.309 e. The normalized spacial score (nSPS) is 34.2. The molecule has 0 radical (unpaired) electrons. The van der Waals surface area contributed by atoms with Crippen molar-refractivity contribution in [1.82, 2.24) is 0 Å². The van der Waals surface area contributed by atoms with Gasteiger partial charge < -0.3 is 10.5 Å². The molecule has 0 aromatic heterocycles. The summed E-state index contributed by atoms with van der Waals surface area (Å²) in [5.41, 5.74) is 5.73. The Morgan fingerprint density at radius 2 is 2.00 bits per heavy atom. The van der Waals surface area contributed by atoms with E-state index in [0.717, 1.165) is 32.1 Å². The molecule has 0 bridgehead atoms. The van der Waals surface area contributed by atoms with E-state index in [9.17, 15) is 4.79 Å². The van der Waals surface area contributed by atoms with Gasteiger partial charge in [0, 0.05) is 6.04 Å². The lowest BCUT2D eigenvalue weighted by molar-refractivity contribution is -0.157. The number of esters is 1. The minimum absolute atomic E-state index is 0.00218. The lowest BCUT2D eigenvalue weighted by atomic mass is 9.96. The van der Waals surface area contributed by atoms with Crippen molar-refractivity contribution in [3.8, 4) is 0 Å². The van der Waals surface area contributed by atoms with Gasteiger partial charge in [0.2, 0.25) is 0 Å². The van der Waals surface area contributed by atoms with Gasteiger partial charge in [-0.05, 0) is 38.5 Å². The number of rotatable bonds is 2. The smallest absolute Gasteiger partial charge is 0.309 e. The van der Waals surface area contributed by atoms with Gasteiger partial charge in [0.15, 0.2) is 0 Å². The van der Waals surface area contributed by atoms with E-state index in [-0.39, 0.29) is 24.0 Å². The highest BCUT2D eigenvalue weighted by molar-refractivity contribution is 5.73. The lowest BCUT2D eigenvalue weighted by Gasteiger charge is -2.26. The molecule has 0 saturated heterocycles. The van der Waals surface area contributed by atoms with E-state index in [2.05, 4.69) is 0 Å². The first-order valence-electron chi connectivity index (χ1n) is 5.22. The largest absolute Gasteiger partial charge is 0.462 e. The van der Waals surface area contributed by atoms with Crippen LogP contribution >= 0.6 is 0 Å². The number of nitrogens with two attached hydrogens (primary N) is 1. The van der Waals surface area contributed by atoms with Crippen molar-refractivity contribution in [1.29, 1.82) is 0 Å². The van der Waals surface area contributed by atoms with Crippen molar-refractivity contribution in [2.75, 3.05) is 0 Å². The fourth-order valence-electron chi connectivity index (χ4n) is 1.98. The maximum atomic E-state index is 11.5. The van der Waals surface area contributed by atoms with Gasteiger partial charge in [0.05, 0.1) is 5.92 Å². The van der Waals surface area contributed by atoms with Crippen molar-refractivity contribution >= 4 is 5.97 Å². The minimum atomic E-state index is -0.00218. The summed E-state index contributed by atoms with van der Waals surface area (Å²) in [6.07, 6.45) is 6.28. The third-order valence-electron chi connectivity index (χ3n) is 3.14. The highest BCUT2D eigenvalue weighted by Gasteiger charge is 2.31. The molecule has 0 aromatic rings. The van der Waals surface area contributed by atoms with Gasteiger partial charge in [-0.1, -0.05) is 0 Å². The summed E-state index contributed by atoms with van der Waals surface area (Å²) in [7, 11) is 0. The summed E-state index contributed by atoms with van der Waals surface area (Å²) in [5.74, 6) is 0.0910. The van der Waals surface area contributed by atoms with Gasteiger partial charge in [-0.3, -0.25) is 4.79 Å². The van der Waals surface area contributed by atoms with Crippen molar-refractivity contribution in [3.63, 3.8) is 0 Å².